The van der Waals surface area contributed by atoms with Crippen molar-refractivity contribution in [1.29, 1.82) is 0 Å². The van der Waals surface area contributed by atoms with Crippen LogP contribution in [0.1, 0.15) is 26.2 Å². The van der Waals surface area contributed by atoms with Crippen LogP contribution in [0.2, 0.25) is 0 Å². The van der Waals surface area contributed by atoms with Crippen LogP contribution in [0.25, 0.3) is 0 Å². The molecule has 0 aliphatic carbocycles. The van der Waals surface area contributed by atoms with Crippen molar-refractivity contribution < 1.29 is 9.13 Å². The van der Waals surface area contributed by atoms with Gasteiger partial charge in [-0.2, -0.15) is 0 Å². The minimum Gasteiger partial charge on any atom is -0.489 e. The van der Waals surface area contributed by atoms with Gasteiger partial charge in [0.25, 0.3) is 0 Å². The predicted molar refractivity (Wildman–Crippen MR) is 96.1 cm³/mol. The van der Waals surface area contributed by atoms with Crippen molar-refractivity contribution in [3.63, 3.8) is 0 Å². The molecule has 2 atom stereocenters. The second-order valence-electron chi connectivity index (χ2n) is 6.22. The highest BCUT2D eigenvalue weighted by Crippen LogP contribution is 2.15. The molecule has 2 unspecified atom stereocenters. The minimum absolute atomic E-state index is 0.0421. The average Bonchev–Trinajstić information content (AvgIpc) is 2.99. The Kier molecular flexibility index (Phi) is 7.31. The van der Waals surface area contributed by atoms with Gasteiger partial charge in [-0.1, -0.05) is 13.0 Å². The molecule has 5 nitrogen and oxygen atoms in total. The number of nitrogens with one attached hydrogen (secondary N) is 2. The van der Waals surface area contributed by atoms with Crippen molar-refractivity contribution in [3.05, 3.63) is 30.1 Å². The Morgan fingerprint density at radius 2 is 2.29 bits per heavy atom. The Balaban J connectivity index is 1.77. The lowest BCUT2D eigenvalue weighted by Gasteiger charge is -2.23. The lowest BCUT2D eigenvalue weighted by atomic mass is 10.2. The summed E-state index contributed by atoms with van der Waals surface area (Å²) in [5.41, 5.74) is 0. The number of likely N-dealkylation sites (tertiary alicyclic amines) is 1. The number of rotatable bonds is 7. The van der Waals surface area contributed by atoms with E-state index in [1.807, 2.05) is 0 Å². The summed E-state index contributed by atoms with van der Waals surface area (Å²) in [6.45, 7) is 4.72. The molecule has 1 aliphatic heterocycles. The van der Waals surface area contributed by atoms with Crippen molar-refractivity contribution in [2.75, 3.05) is 33.7 Å². The Bertz CT molecular complexity index is 538. The normalized spacial score (nSPS) is 20.0. The first-order chi connectivity index (χ1) is 11.6. The number of nitrogens with zero attached hydrogens (tertiary/aromatic N) is 2. The molecule has 6 heteroatoms. The van der Waals surface area contributed by atoms with Crippen molar-refractivity contribution in [1.82, 2.24) is 15.5 Å². The Labute approximate surface area is 144 Å². The molecule has 0 amide bonds. The van der Waals surface area contributed by atoms with Gasteiger partial charge >= 0.3 is 0 Å². The number of hydrogen-bond acceptors (Lipinski definition) is 3. The third-order valence-corrected chi connectivity index (χ3v) is 4.45. The van der Waals surface area contributed by atoms with Crippen molar-refractivity contribution in [3.8, 4) is 5.75 Å². The van der Waals surface area contributed by atoms with Gasteiger partial charge in [0.05, 0.1) is 6.54 Å². The summed E-state index contributed by atoms with van der Waals surface area (Å²) in [4.78, 5) is 6.64. The maximum absolute atomic E-state index is 13.2. The highest BCUT2D eigenvalue weighted by Gasteiger charge is 2.20. The molecule has 1 aliphatic rings. The Morgan fingerprint density at radius 3 is 2.92 bits per heavy atom. The lowest BCUT2D eigenvalue weighted by molar-refractivity contribution is 0.198. The van der Waals surface area contributed by atoms with Crippen molar-refractivity contribution in [2.24, 2.45) is 4.99 Å². The first-order valence-electron chi connectivity index (χ1n) is 8.69. The SMILES string of the molecule is CCC(CNC(=NC)NCC1CCCN1C)Oc1cccc(F)c1. The quantitative estimate of drug-likeness (QED) is 0.592. The molecular weight excluding hydrogens is 307 g/mol. The first-order valence-corrected chi connectivity index (χ1v) is 8.69. The number of ether oxygens (including phenoxy) is 1. The van der Waals surface area contributed by atoms with Crippen LogP contribution in [0.4, 0.5) is 4.39 Å². The third kappa shape index (κ3) is 5.67. The molecular formula is C18H29FN4O. The zero-order valence-electron chi connectivity index (χ0n) is 14.9. The second kappa shape index (κ2) is 9.47. The maximum atomic E-state index is 13.2. The van der Waals surface area contributed by atoms with Gasteiger partial charge in [0.2, 0.25) is 0 Å². The van der Waals surface area contributed by atoms with E-state index in [1.54, 1.807) is 19.2 Å². The molecule has 0 radical (unpaired) electrons. The van der Waals surface area contributed by atoms with Gasteiger partial charge in [-0.15, -0.1) is 0 Å². The summed E-state index contributed by atoms with van der Waals surface area (Å²) in [5, 5.41) is 6.67. The number of aliphatic imine (C=N–C) groups is 1. The summed E-state index contributed by atoms with van der Waals surface area (Å²) >= 11 is 0. The molecule has 0 saturated carbocycles. The first kappa shape index (κ1) is 18.5. The average molecular weight is 336 g/mol. The summed E-state index contributed by atoms with van der Waals surface area (Å²) in [6.07, 6.45) is 3.26. The summed E-state index contributed by atoms with van der Waals surface area (Å²) < 4.78 is 19.1. The van der Waals surface area contributed by atoms with Gasteiger partial charge in [-0.3, -0.25) is 4.99 Å². The van der Waals surface area contributed by atoms with Gasteiger partial charge in [0.1, 0.15) is 17.7 Å². The number of guanidine groups is 1. The number of likely N-dealkylation sites (N-methyl/N-ethyl adjacent to an activating group) is 1. The Hall–Kier alpha value is -1.82. The standard InChI is InChI=1S/C18H29FN4O/c1-4-16(24-17-9-5-7-14(19)11-17)13-22-18(20-2)21-12-15-8-6-10-23(15)3/h5,7,9,11,15-16H,4,6,8,10,12-13H2,1-3H3,(H2,20,21,22). The van der Waals surface area contributed by atoms with Gasteiger partial charge in [0.15, 0.2) is 5.96 Å². The molecule has 1 aromatic carbocycles. The lowest BCUT2D eigenvalue weighted by Crippen LogP contribution is -2.46. The van der Waals surface area contributed by atoms with Crippen molar-refractivity contribution >= 4 is 5.96 Å². The van der Waals surface area contributed by atoms with Crippen molar-refractivity contribution in [2.45, 2.75) is 38.3 Å². The smallest absolute Gasteiger partial charge is 0.191 e. The van der Waals surface area contributed by atoms with E-state index in [2.05, 4.69) is 34.5 Å². The van der Waals surface area contributed by atoms with E-state index in [0.717, 1.165) is 25.5 Å². The van der Waals surface area contributed by atoms with Gasteiger partial charge < -0.3 is 20.3 Å². The van der Waals surface area contributed by atoms with Crippen LogP contribution in [0.3, 0.4) is 0 Å². The number of hydrogen-bond donors (Lipinski definition) is 2. The van der Waals surface area contributed by atoms with E-state index in [0.29, 0.717) is 18.3 Å². The van der Waals surface area contributed by atoms with Gasteiger partial charge in [-0.25, -0.2) is 4.39 Å². The molecule has 0 aromatic heterocycles. The second-order valence-corrected chi connectivity index (χ2v) is 6.22. The minimum atomic E-state index is -0.284. The molecule has 1 fully saturated rings. The van der Waals surface area contributed by atoms with Crippen LogP contribution in [0, 0.1) is 5.82 Å². The molecule has 1 heterocycles. The zero-order chi connectivity index (χ0) is 17.4. The number of benzene rings is 1. The van der Waals surface area contributed by atoms with E-state index in [1.165, 1.54) is 25.0 Å². The van der Waals surface area contributed by atoms with Crippen LogP contribution in [-0.4, -0.2) is 56.7 Å². The molecule has 2 rings (SSSR count). The predicted octanol–water partition coefficient (Wildman–Crippen LogP) is 2.24. The summed E-state index contributed by atoms with van der Waals surface area (Å²) in [5.74, 6) is 1.05. The fraction of sp³-hybridized carbons (Fsp3) is 0.611. The molecule has 0 spiro atoms. The molecule has 134 valence electrons. The van der Waals surface area contributed by atoms with Crippen LogP contribution in [0.5, 0.6) is 5.75 Å². The summed E-state index contributed by atoms with van der Waals surface area (Å²) in [6, 6.07) is 6.82. The Morgan fingerprint density at radius 1 is 1.46 bits per heavy atom. The monoisotopic (exact) mass is 336 g/mol. The molecule has 2 N–H and O–H groups in total. The topological polar surface area (TPSA) is 48.9 Å². The largest absolute Gasteiger partial charge is 0.489 e. The van der Waals surface area contributed by atoms with E-state index in [4.69, 9.17) is 4.74 Å². The van der Waals surface area contributed by atoms with Gasteiger partial charge in [-0.05, 0) is 45.0 Å². The van der Waals surface area contributed by atoms with E-state index >= 15 is 0 Å². The van der Waals surface area contributed by atoms with Crippen LogP contribution in [0.15, 0.2) is 29.3 Å². The van der Waals surface area contributed by atoms with Crippen LogP contribution in [-0.2, 0) is 0 Å². The fourth-order valence-electron chi connectivity index (χ4n) is 2.88. The number of halogens is 1. The highest BCUT2D eigenvalue weighted by molar-refractivity contribution is 5.79. The van der Waals surface area contributed by atoms with E-state index in [9.17, 15) is 4.39 Å². The molecule has 1 saturated heterocycles. The van der Waals surface area contributed by atoms with E-state index < -0.39 is 0 Å². The zero-order valence-corrected chi connectivity index (χ0v) is 14.9. The summed E-state index contributed by atoms with van der Waals surface area (Å²) in [7, 11) is 3.93. The van der Waals surface area contributed by atoms with Crippen LogP contribution >= 0.6 is 0 Å². The van der Waals surface area contributed by atoms with E-state index in [-0.39, 0.29) is 11.9 Å². The molecule has 1 aromatic rings. The van der Waals surface area contributed by atoms with Gasteiger partial charge in [0, 0.05) is 25.7 Å². The highest BCUT2D eigenvalue weighted by atomic mass is 19.1. The third-order valence-electron chi connectivity index (χ3n) is 4.45. The molecule has 0 bridgehead atoms. The molecule has 24 heavy (non-hydrogen) atoms. The maximum Gasteiger partial charge on any atom is 0.191 e. The fourth-order valence-corrected chi connectivity index (χ4v) is 2.88. The van der Waals surface area contributed by atoms with Crippen LogP contribution < -0.4 is 15.4 Å².